The number of ether oxygens (including phenoxy) is 1. The summed E-state index contributed by atoms with van der Waals surface area (Å²) in [5.74, 6) is -2.29. The number of nitriles is 1. The van der Waals surface area contributed by atoms with Crippen LogP contribution in [0.4, 0.5) is 5.82 Å². The van der Waals surface area contributed by atoms with Gasteiger partial charge in [0.1, 0.15) is 17.6 Å². The summed E-state index contributed by atoms with van der Waals surface area (Å²) in [5.41, 5.74) is 0.940. The summed E-state index contributed by atoms with van der Waals surface area (Å²) in [6.07, 6.45) is 0. The molecule has 1 aliphatic heterocycles. The SMILES string of the molecule is CCOC(=O)c1cc(C#N)c(N2CC(C(=O)NS(=O)(=O)Cc3scc(S(=O)(=O)c4ccc(Cl)cc4)c3C)C2)nc1C. The van der Waals surface area contributed by atoms with Crippen molar-refractivity contribution < 1.29 is 31.2 Å². The summed E-state index contributed by atoms with van der Waals surface area (Å²) in [7, 11) is -8.04. The minimum atomic E-state index is -4.14. The van der Waals surface area contributed by atoms with Crippen molar-refractivity contribution >= 4 is 60.5 Å². The van der Waals surface area contributed by atoms with Crippen LogP contribution in [0, 0.1) is 31.1 Å². The number of hydrogen-bond donors (Lipinski definition) is 1. The van der Waals surface area contributed by atoms with Crippen LogP contribution in [0.5, 0.6) is 0 Å². The second kappa shape index (κ2) is 11.8. The van der Waals surface area contributed by atoms with Crippen LogP contribution in [0.15, 0.2) is 45.5 Å². The third-order valence-corrected chi connectivity index (χ3v) is 11.2. The van der Waals surface area contributed by atoms with Crippen LogP contribution in [-0.4, -0.2) is 53.4 Å². The number of nitrogens with zero attached hydrogens (tertiary/aromatic N) is 3. The van der Waals surface area contributed by atoms with Crippen molar-refractivity contribution in [2.24, 2.45) is 5.92 Å². The van der Waals surface area contributed by atoms with Gasteiger partial charge in [0.2, 0.25) is 25.8 Å². The number of carbonyl (C=O) groups excluding carboxylic acids is 2. The second-order valence-corrected chi connectivity index (χ2v) is 14.3. The van der Waals surface area contributed by atoms with E-state index in [2.05, 4.69) is 9.71 Å². The van der Waals surface area contributed by atoms with Gasteiger partial charge in [-0.05, 0) is 56.7 Å². The lowest BCUT2D eigenvalue weighted by Gasteiger charge is -2.39. The number of rotatable bonds is 9. The maximum absolute atomic E-state index is 13.0. The lowest BCUT2D eigenvalue weighted by molar-refractivity contribution is -0.123. The number of sulfonamides is 1. The Labute approximate surface area is 246 Å². The van der Waals surface area contributed by atoms with Crippen molar-refractivity contribution in [3.8, 4) is 6.07 Å². The molecule has 1 amide bonds. The first kappa shape index (κ1) is 30.4. The van der Waals surface area contributed by atoms with Gasteiger partial charge in [-0.1, -0.05) is 11.6 Å². The molecule has 3 heterocycles. The maximum atomic E-state index is 13.0. The number of anilines is 1. The predicted molar refractivity (Wildman–Crippen MR) is 152 cm³/mol. The number of carbonyl (C=O) groups is 2. The fourth-order valence-corrected chi connectivity index (χ4v) is 8.85. The minimum absolute atomic E-state index is 0.0129. The molecular weight excluding hydrogens is 612 g/mol. The van der Waals surface area contributed by atoms with E-state index >= 15 is 0 Å². The fraction of sp³-hybridized carbons (Fsp3) is 0.308. The van der Waals surface area contributed by atoms with Crippen LogP contribution in [0.3, 0.4) is 0 Å². The highest BCUT2D eigenvalue weighted by atomic mass is 35.5. The van der Waals surface area contributed by atoms with Gasteiger partial charge in [-0.25, -0.2) is 26.6 Å². The number of aryl methyl sites for hydroxylation is 1. The number of nitrogens with one attached hydrogen (secondary N) is 1. The van der Waals surface area contributed by atoms with E-state index in [1.165, 1.54) is 42.6 Å². The number of esters is 1. The molecule has 0 bridgehead atoms. The van der Waals surface area contributed by atoms with E-state index in [4.69, 9.17) is 16.3 Å². The van der Waals surface area contributed by atoms with Crippen molar-refractivity contribution in [2.45, 2.75) is 36.3 Å². The van der Waals surface area contributed by atoms with E-state index in [0.717, 1.165) is 11.3 Å². The second-order valence-electron chi connectivity index (χ2n) is 9.26. The Morgan fingerprint density at radius 2 is 1.85 bits per heavy atom. The van der Waals surface area contributed by atoms with Crippen molar-refractivity contribution in [1.29, 1.82) is 5.26 Å². The highest BCUT2D eigenvalue weighted by Gasteiger charge is 2.37. The standard InChI is InChI=1S/C26H25ClN4O7S3/c1-4-38-26(33)21-9-17(10-28)24(29-16(21)3)31-11-18(12-31)25(32)30-40(34,35)14-22-15(2)23(13-39-22)41(36,37)20-7-5-19(27)6-8-20/h5-9,13,18H,4,11-12,14H2,1-3H3,(H,30,32). The molecule has 1 aliphatic rings. The van der Waals surface area contributed by atoms with Gasteiger partial charge in [-0.2, -0.15) is 5.26 Å². The molecular formula is C26H25ClN4O7S3. The smallest absolute Gasteiger partial charge is 0.340 e. The van der Waals surface area contributed by atoms with E-state index in [-0.39, 0.29) is 56.9 Å². The van der Waals surface area contributed by atoms with E-state index in [1.54, 1.807) is 18.7 Å². The summed E-state index contributed by atoms with van der Waals surface area (Å²) in [4.78, 5) is 31.2. The van der Waals surface area contributed by atoms with E-state index in [1.807, 2.05) is 6.07 Å². The van der Waals surface area contributed by atoms with E-state index in [0.29, 0.717) is 10.7 Å². The molecule has 0 aliphatic carbocycles. The Kier molecular flexibility index (Phi) is 8.74. The molecule has 0 atom stereocenters. The van der Waals surface area contributed by atoms with Crippen molar-refractivity contribution in [1.82, 2.24) is 9.71 Å². The summed E-state index contributed by atoms with van der Waals surface area (Å²) < 4.78 is 58.8. The summed E-state index contributed by atoms with van der Waals surface area (Å²) in [6.45, 7) is 5.18. The van der Waals surface area contributed by atoms with Crippen molar-refractivity contribution in [3.63, 3.8) is 0 Å². The Balaban J connectivity index is 1.42. The molecule has 0 unspecified atom stereocenters. The average Bonchev–Trinajstić information content (AvgIpc) is 3.23. The first-order valence-electron chi connectivity index (χ1n) is 12.2. The van der Waals surface area contributed by atoms with Crippen LogP contribution in [0.1, 0.15) is 39.0 Å². The van der Waals surface area contributed by atoms with Crippen LogP contribution in [-0.2, 0) is 35.1 Å². The Morgan fingerprint density at radius 3 is 2.46 bits per heavy atom. The third kappa shape index (κ3) is 6.38. The molecule has 1 N–H and O–H groups in total. The number of sulfone groups is 1. The zero-order valence-electron chi connectivity index (χ0n) is 22.2. The highest BCUT2D eigenvalue weighted by molar-refractivity contribution is 7.91. The molecule has 3 aromatic rings. The molecule has 1 saturated heterocycles. The average molecular weight is 637 g/mol. The van der Waals surface area contributed by atoms with Crippen LogP contribution < -0.4 is 9.62 Å². The summed E-state index contributed by atoms with van der Waals surface area (Å²) in [6, 6.07) is 9.04. The third-order valence-electron chi connectivity index (χ3n) is 6.45. The Hall–Kier alpha value is -3.51. The number of benzene rings is 1. The summed E-state index contributed by atoms with van der Waals surface area (Å²) in [5, 5.41) is 11.3. The molecule has 15 heteroatoms. The highest BCUT2D eigenvalue weighted by Crippen LogP contribution is 2.32. The first-order valence-corrected chi connectivity index (χ1v) is 16.6. The number of aromatic nitrogens is 1. The molecule has 0 saturated carbocycles. The van der Waals surface area contributed by atoms with Gasteiger partial charge in [0.05, 0.1) is 39.1 Å². The molecule has 4 rings (SSSR count). The van der Waals surface area contributed by atoms with Gasteiger partial charge in [0, 0.05) is 28.4 Å². The van der Waals surface area contributed by atoms with Crippen molar-refractivity contribution in [2.75, 3.05) is 24.6 Å². The van der Waals surface area contributed by atoms with E-state index in [9.17, 15) is 31.7 Å². The Bertz CT molecular complexity index is 1770. The van der Waals surface area contributed by atoms with Gasteiger partial charge >= 0.3 is 5.97 Å². The minimum Gasteiger partial charge on any atom is -0.462 e. The predicted octanol–water partition coefficient (Wildman–Crippen LogP) is 3.38. The monoisotopic (exact) mass is 636 g/mol. The molecule has 216 valence electrons. The number of amides is 1. The van der Waals surface area contributed by atoms with E-state index < -0.39 is 43.4 Å². The molecule has 2 aromatic heterocycles. The molecule has 1 fully saturated rings. The lowest BCUT2D eigenvalue weighted by atomic mass is 9.98. The molecule has 1 aromatic carbocycles. The molecule has 11 nitrogen and oxygen atoms in total. The molecule has 0 spiro atoms. The number of halogens is 1. The largest absolute Gasteiger partial charge is 0.462 e. The lowest BCUT2D eigenvalue weighted by Crippen LogP contribution is -2.55. The number of hydrogen-bond acceptors (Lipinski definition) is 11. The zero-order chi connectivity index (χ0) is 30.1. The van der Waals surface area contributed by atoms with Crippen molar-refractivity contribution in [3.05, 3.63) is 68.0 Å². The fourth-order valence-electron chi connectivity index (χ4n) is 4.18. The Morgan fingerprint density at radius 1 is 1.20 bits per heavy atom. The maximum Gasteiger partial charge on any atom is 0.340 e. The number of thiophene rings is 1. The van der Waals surface area contributed by atoms with Crippen LogP contribution >= 0.6 is 22.9 Å². The normalized spacial score (nSPS) is 13.8. The topological polar surface area (TPSA) is 164 Å². The molecule has 41 heavy (non-hydrogen) atoms. The van der Waals surface area contributed by atoms with Gasteiger partial charge in [0.15, 0.2) is 0 Å². The van der Waals surface area contributed by atoms with Crippen LogP contribution in [0.2, 0.25) is 5.02 Å². The molecule has 0 radical (unpaired) electrons. The van der Waals surface area contributed by atoms with Gasteiger partial charge in [0.25, 0.3) is 0 Å². The number of pyridine rings is 1. The van der Waals surface area contributed by atoms with Gasteiger partial charge in [-0.15, -0.1) is 11.3 Å². The van der Waals surface area contributed by atoms with Gasteiger partial charge < -0.3 is 9.64 Å². The van der Waals surface area contributed by atoms with Gasteiger partial charge in [-0.3, -0.25) is 9.52 Å². The summed E-state index contributed by atoms with van der Waals surface area (Å²) >= 11 is 6.83. The van der Waals surface area contributed by atoms with Crippen LogP contribution in [0.25, 0.3) is 0 Å². The zero-order valence-corrected chi connectivity index (χ0v) is 25.4. The first-order chi connectivity index (χ1) is 19.3. The quantitative estimate of drug-likeness (QED) is 0.344.